The highest BCUT2D eigenvalue weighted by atomic mass is 32.2. The molecule has 35 heavy (non-hydrogen) atoms. The summed E-state index contributed by atoms with van der Waals surface area (Å²) < 4.78 is 40.1. The maximum atomic E-state index is 12.9. The molecule has 2 heterocycles. The van der Waals surface area contributed by atoms with Gasteiger partial charge in [0.1, 0.15) is 5.82 Å². The molecule has 0 aliphatic carbocycles. The van der Waals surface area contributed by atoms with Gasteiger partial charge in [0.2, 0.25) is 21.1 Å². The summed E-state index contributed by atoms with van der Waals surface area (Å²) in [6.45, 7) is 1.31. The fourth-order valence-electron chi connectivity index (χ4n) is 3.32. The topological polar surface area (TPSA) is 121 Å². The van der Waals surface area contributed by atoms with Gasteiger partial charge in [-0.1, -0.05) is 35.2 Å². The number of carbonyl (C=O) groups excluding carboxylic acids is 2. The molecule has 2 N–H and O–H groups in total. The molecule has 0 spiro atoms. The Kier molecular flexibility index (Phi) is 8.11. The predicted molar refractivity (Wildman–Crippen MR) is 131 cm³/mol. The van der Waals surface area contributed by atoms with Gasteiger partial charge in [0.05, 0.1) is 10.6 Å². The van der Waals surface area contributed by atoms with Crippen molar-refractivity contribution in [1.29, 1.82) is 0 Å². The van der Waals surface area contributed by atoms with Gasteiger partial charge in [-0.15, -0.1) is 10.2 Å². The van der Waals surface area contributed by atoms with Crippen molar-refractivity contribution in [2.45, 2.75) is 28.6 Å². The van der Waals surface area contributed by atoms with E-state index in [0.717, 1.165) is 29.7 Å². The van der Waals surface area contributed by atoms with Crippen LogP contribution < -0.4 is 10.6 Å². The van der Waals surface area contributed by atoms with Gasteiger partial charge in [-0.2, -0.15) is 4.31 Å². The van der Waals surface area contributed by atoms with Crippen LogP contribution in [0.25, 0.3) is 0 Å². The Bertz CT molecular complexity index is 1290. The summed E-state index contributed by atoms with van der Waals surface area (Å²) in [5.41, 5.74) is 1.07. The Morgan fingerprint density at radius 2 is 1.71 bits per heavy atom. The zero-order valence-electron chi connectivity index (χ0n) is 18.4. The van der Waals surface area contributed by atoms with Crippen LogP contribution in [0.1, 0.15) is 28.8 Å². The lowest BCUT2D eigenvalue weighted by Gasteiger charge is -2.15. The maximum Gasteiger partial charge on any atom is 0.257 e. The number of anilines is 1. The highest BCUT2D eigenvalue weighted by Gasteiger charge is 2.27. The van der Waals surface area contributed by atoms with Crippen molar-refractivity contribution < 1.29 is 22.4 Å². The summed E-state index contributed by atoms with van der Waals surface area (Å²) in [6.07, 6.45) is 1.70. The lowest BCUT2D eigenvalue weighted by Crippen LogP contribution is -2.27. The van der Waals surface area contributed by atoms with Gasteiger partial charge in [-0.3, -0.25) is 14.9 Å². The number of nitrogens with one attached hydrogen (secondary N) is 2. The number of sulfonamides is 1. The van der Waals surface area contributed by atoms with Crippen LogP contribution in [-0.2, 0) is 21.4 Å². The lowest BCUT2D eigenvalue weighted by molar-refractivity contribution is -0.118. The van der Waals surface area contributed by atoms with Gasteiger partial charge in [-0.25, -0.2) is 12.8 Å². The van der Waals surface area contributed by atoms with E-state index in [1.165, 1.54) is 52.5 Å². The van der Waals surface area contributed by atoms with E-state index in [0.29, 0.717) is 17.4 Å². The number of carbonyl (C=O) groups is 2. The van der Waals surface area contributed by atoms with E-state index >= 15 is 0 Å². The molecule has 2 aromatic carbocycles. The lowest BCUT2D eigenvalue weighted by atomic mass is 10.2. The third-order valence-corrected chi connectivity index (χ3v) is 9.06. The number of hydrogen-bond donors (Lipinski definition) is 2. The minimum absolute atomic E-state index is 0.108. The van der Waals surface area contributed by atoms with Gasteiger partial charge in [-0.05, 0) is 54.8 Å². The maximum absolute atomic E-state index is 12.9. The predicted octanol–water partition coefficient (Wildman–Crippen LogP) is 3.12. The highest BCUT2D eigenvalue weighted by Crippen LogP contribution is 2.26. The van der Waals surface area contributed by atoms with E-state index in [1.807, 2.05) is 0 Å². The number of rotatable bonds is 9. The van der Waals surface area contributed by atoms with Gasteiger partial charge in [0.25, 0.3) is 5.91 Å². The fourth-order valence-corrected chi connectivity index (χ4v) is 6.42. The third kappa shape index (κ3) is 6.63. The molecule has 3 aromatic rings. The first kappa shape index (κ1) is 25.2. The van der Waals surface area contributed by atoms with Gasteiger partial charge in [0.15, 0.2) is 4.34 Å². The second-order valence-electron chi connectivity index (χ2n) is 7.65. The van der Waals surface area contributed by atoms with Crippen molar-refractivity contribution in [2.24, 2.45) is 0 Å². The molecule has 0 unspecified atom stereocenters. The summed E-state index contributed by atoms with van der Waals surface area (Å²) in [4.78, 5) is 24.7. The van der Waals surface area contributed by atoms with E-state index in [9.17, 15) is 22.4 Å². The number of thioether (sulfide) groups is 1. The normalized spacial score (nSPS) is 14.1. The minimum Gasteiger partial charge on any atom is -0.351 e. The Morgan fingerprint density at radius 3 is 2.40 bits per heavy atom. The molecule has 0 atom stereocenters. The van der Waals surface area contributed by atoms with Crippen LogP contribution in [0.15, 0.2) is 57.8 Å². The molecule has 1 aromatic heterocycles. The van der Waals surface area contributed by atoms with Crippen LogP contribution >= 0.6 is 23.1 Å². The van der Waals surface area contributed by atoms with Crippen molar-refractivity contribution in [3.8, 4) is 0 Å². The van der Waals surface area contributed by atoms with Crippen LogP contribution in [0.3, 0.4) is 0 Å². The molecule has 1 fully saturated rings. The van der Waals surface area contributed by atoms with Crippen LogP contribution in [0, 0.1) is 5.82 Å². The molecule has 4 rings (SSSR count). The summed E-state index contributed by atoms with van der Waals surface area (Å²) in [5.74, 6) is -0.891. The first-order valence-corrected chi connectivity index (χ1v) is 13.9. The standard InChI is InChI=1S/C22H22FN5O4S3/c23-17-7-3-15(4-8-17)13-24-19(29)14-33-22-27-26-21(34-22)25-20(30)16-5-9-18(10-6-16)35(31,32)28-11-1-2-12-28/h3-10H,1-2,11-14H2,(H,24,29)(H,25,26,30). The third-order valence-electron chi connectivity index (χ3n) is 5.18. The van der Waals surface area contributed by atoms with Crippen LogP contribution in [0.5, 0.6) is 0 Å². The SMILES string of the molecule is O=C(CSc1nnc(NC(=O)c2ccc(S(=O)(=O)N3CCCC3)cc2)s1)NCc1ccc(F)cc1. The molecule has 0 bridgehead atoms. The van der Waals surface area contributed by atoms with E-state index in [1.54, 1.807) is 12.1 Å². The zero-order valence-corrected chi connectivity index (χ0v) is 20.9. The summed E-state index contributed by atoms with van der Waals surface area (Å²) in [6, 6.07) is 11.6. The number of hydrogen-bond acceptors (Lipinski definition) is 8. The van der Waals surface area contributed by atoms with Crippen molar-refractivity contribution in [3.05, 3.63) is 65.5 Å². The molecule has 0 saturated carbocycles. The first-order chi connectivity index (χ1) is 16.8. The van der Waals surface area contributed by atoms with Crippen LogP contribution in [0.4, 0.5) is 9.52 Å². The minimum atomic E-state index is -3.54. The summed E-state index contributed by atoms with van der Waals surface area (Å²) in [5, 5.41) is 13.5. The Labute approximate surface area is 210 Å². The van der Waals surface area contributed by atoms with Crippen molar-refractivity contribution in [3.63, 3.8) is 0 Å². The smallest absolute Gasteiger partial charge is 0.257 e. The molecular formula is C22H22FN5O4S3. The monoisotopic (exact) mass is 535 g/mol. The molecule has 1 saturated heterocycles. The average molecular weight is 536 g/mol. The molecular weight excluding hydrogens is 513 g/mol. The van der Waals surface area contributed by atoms with Gasteiger partial charge < -0.3 is 5.32 Å². The quantitative estimate of drug-likeness (QED) is 0.319. The highest BCUT2D eigenvalue weighted by molar-refractivity contribution is 8.01. The van der Waals surface area contributed by atoms with E-state index < -0.39 is 15.9 Å². The second kappa shape index (κ2) is 11.2. The number of nitrogens with zero attached hydrogens (tertiary/aromatic N) is 3. The largest absolute Gasteiger partial charge is 0.351 e. The number of amides is 2. The summed E-state index contributed by atoms with van der Waals surface area (Å²) >= 11 is 2.30. The molecule has 9 nitrogen and oxygen atoms in total. The number of benzene rings is 2. The molecule has 1 aliphatic rings. The number of halogens is 1. The average Bonchev–Trinajstić information content (AvgIpc) is 3.55. The Balaban J connectivity index is 1.26. The van der Waals surface area contributed by atoms with Crippen molar-refractivity contribution in [1.82, 2.24) is 19.8 Å². The van der Waals surface area contributed by atoms with E-state index in [4.69, 9.17) is 0 Å². The molecule has 2 amide bonds. The van der Waals surface area contributed by atoms with E-state index in [-0.39, 0.29) is 39.6 Å². The van der Waals surface area contributed by atoms with Gasteiger partial charge >= 0.3 is 0 Å². The molecule has 184 valence electrons. The Hall–Kier alpha value is -2.87. The molecule has 1 aliphatic heterocycles. The van der Waals surface area contributed by atoms with Gasteiger partial charge in [0, 0.05) is 25.2 Å². The van der Waals surface area contributed by atoms with Crippen LogP contribution in [-0.4, -0.2) is 53.6 Å². The zero-order chi connectivity index (χ0) is 24.8. The fraction of sp³-hybridized carbons (Fsp3) is 0.273. The van der Waals surface area contributed by atoms with Crippen LogP contribution in [0.2, 0.25) is 0 Å². The molecule has 0 radical (unpaired) electrons. The first-order valence-electron chi connectivity index (χ1n) is 10.7. The second-order valence-corrected chi connectivity index (χ2v) is 11.8. The van der Waals surface area contributed by atoms with Crippen molar-refractivity contribution in [2.75, 3.05) is 24.2 Å². The van der Waals surface area contributed by atoms with E-state index in [2.05, 4.69) is 20.8 Å². The summed E-state index contributed by atoms with van der Waals surface area (Å²) in [7, 11) is -3.54. The molecule has 13 heteroatoms. The number of aromatic nitrogens is 2. The van der Waals surface area contributed by atoms with Crippen molar-refractivity contribution >= 4 is 50.1 Å². The Morgan fingerprint density at radius 1 is 1.03 bits per heavy atom.